The first-order valence-electron chi connectivity index (χ1n) is 8.11. The van der Waals surface area contributed by atoms with Gasteiger partial charge in [-0.05, 0) is 55.0 Å². The summed E-state index contributed by atoms with van der Waals surface area (Å²) in [7, 11) is -3.96. The maximum atomic E-state index is 13.7. The number of benzene rings is 3. The third-order valence-corrected chi connectivity index (χ3v) is 5.27. The second kappa shape index (κ2) is 7.59. The molecule has 0 aliphatic rings. The zero-order valence-corrected chi connectivity index (χ0v) is 15.3. The molecule has 0 fully saturated rings. The lowest BCUT2D eigenvalue weighted by Crippen LogP contribution is -2.15. The molecule has 0 bridgehead atoms. The fraction of sp³-hybridized carbons (Fsp3) is 0.0500. The van der Waals surface area contributed by atoms with Crippen molar-refractivity contribution in [3.05, 3.63) is 89.7 Å². The monoisotopic (exact) mass is 384 g/mol. The lowest BCUT2D eigenvalue weighted by Gasteiger charge is -2.12. The van der Waals surface area contributed by atoms with Gasteiger partial charge in [0.2, 0.25) is 0 Å². The van der Waals surface area contributed by atoms with E-state index in [1.54, 1.807) is 31.2 Å². The predicted octanol–water partition coefficient (Wildman–Crippen LogP) is 4.19. The van der Waals surface area contributed by atoms with Crippen molar-refractivity contribution in [1.29, 1.82) is 0 Å². The molecule has 0 radical (unpaired) electrons. The smallest absolute Gasteiger partial charge is 0.261 e. The number of hydrogen-bond acceptors (Lipinski definition) is 3. The van der Waals surface area contributed by atoms with E-state index in [9.17, 15) is 17.6 Å². The molecule has 0 saturated carbocycles. The van der Waals surface area contributed by atoms with Crippen LogP contribution >= 0.6 is 0 Å². The van der Waals surface area contributed by atoms with Crippen molar-refractivity contribution in [2.45, 2.75) is 11.8 Å². The van der Waals surface area contributed by atoms with E-state index >= 15 is 0 Å². The minimum Gasteiger partial charge on any atom is -0.322 e. The van der Waals surface area contributed by atoms with Crippen LogP contribution in [0.3, 0.4) is 0 Å². The van der Waals surface area contributed by atoms with Crippen LogP contribution < -0.4 is 10.0 Å². The summed E-state index contributed by atoms with van der Waals surface area (Å²) in [6, 6.07) is 18.5. The number of carbonyl (C=O) groups excluding carboxylic acids is 1. The Hall–Kier alpha value is -3.19. The van der Waals surface area contributed by atoms with Crippen LogP contribution in [0, 0.1) is 12.7 Å². The van der Waals surface area contributed by atoms with Crippen molar-refractivity contribution in [3.63, 3.8) is 0 Å². The van der Waals surface area contributed by atoms with Crippen LogP contribution in [-0.4, -0.2) is 14.3 Å². The van der Waals surface area contributed by atoms with Crippen LogP contribution in [0.4, 0.5) is 15.8 Å². The second-order valence-electron chi connectivity index (χ2n) is 5.88. The SMILES string of the molecule is Cc1cc(S(=O)(=O)Nc2ccccc2F)ccc1NC(=O)c1ccccc1. The van der Waals surface area contributed by atoms with E-state index in [-0.39, 0.29) is 16.5 Å². The third-order valence-electron chi connectivity index (χ3n) is 3.91. The zero-order chi connectivity index (χ0) is 19.4. The van der Waals surface area contributed by atoms with Gasteiger partial charge in [-0.3, -0.25) is 9.52 Å². The number of anilines is 2. The molecule has 0 unspecified atom stereocenters. The van der Waals surface area contributed by atoms with Gasteiger partial charge in [0.15, 0.2) is 0 Å². The molecule has 0 aromatic heterocycles. The van der Waals surface area contributed by atoms with E-state index in [4.69, 9.17) is 0 Å². The van der Waals surface area contributed by atoms with E-state index in [2.05, 4.69) is 10.0 Å². The zero-order valence-electron chi connectivity index (χ0n) is 14.4. The molecule has 27 heavy (non-hydrogen) atoms. The summed E-state index contributed by atoms with van der Waals surface area (Å²) in [4.78, 5) is 12.2. The number of para-hydroxylation sites is 1. The third kappa shape index (κ3) is 4.32. The van der Waals surface area contributed by atoms with Gasteiger partial charge in [-0.2, -0.15) is 0 Å². The van der Waals surface area contributed by atoms with E-state index < -0.39 is 15.8 Å². The summed E-state index contributed by atoms with van der Waals surface area (Å²) < 4.78 is 40.9. The molecular formula is C20H17FN2O3S. The van der Waals surface area contributed by atoms with Gasteiger partial charge in [0, 0.05) is 11.3 Å². The molecular weight excluding hydrogens is 367 g/mol. The van der Waals surface area contributed by atoms with Gasteiger partial charge in [-0.1, -0.05) is 30.3 Å². The van der Waals surface area contributed by atoms with Crippen molar-refractivity contribution in [2.75, 3.05) is 10.0 Å². The summed E-state index contributed by atoms with van der Waals surface area (Å²) in [6.07, 6.45) is 0. The molecule has 0 spiro atoms. The average Bonchev–Trinajstić information content (AvgIpc) is 2.65. The van der Waals surface area contributed by atoms with Crippen LogP contribution in [0.1, 0.15) is 15.9 Å². The van der Waals surface area contributed by atoms with Crippen molar-refractivity contribution >= 4 is 27.3 Å². The fourth-order valence-electron chi connectivity index (χ4n) is 2.48. The summed E-state index contributed by atoms with van der Waals surface area (Å²) in [6.45, 7) is 1.68. The summed E-state index contributed by atoms with van der Waals surface area (Å²) in [5.74, 6) is -0.955. The molecule has 138 valence electrons. The Labute approximate surface area is 156 Å². The standard InChI is InChI=1S/C20H17FN2O3S/c1-14-13-16(27(25,26)23-19-10-6-5-9-17(19)21)11-12-18(14)22-20(24)15-7-3-2-4-8-15/h2-13,23H,1H3,(H,22,24). The molecule has 0 aliphatic heterocycles. The molecule has 3 rings (SSSR count). The Morgan fingerprint density at radius 2 is 1.56 bits per heavy atom. The van der Waals surface area contributed by atoms with Crippen molar-refractivity contribution < 1.29 is 17.6 Å². The van der Waals surface area contributed by atoms with Gasteiger partial charge >= 0.3 is 0 Å². The van der Waals surface area contributed by atoms with Gasteiger partial charge in [-0.25, -0.2) is 12.8 Å². The maximum Gasteiger partial charge on any atom is 0.261 e. The van der Waals surface area contributed by atoms with Crippen molar-refractivity contribution in [3.8, 4) is 0 Å². The average molecular weight is 384 g/mol. The van der Waals surface area contributed by atoms with Gasteiger partial charge in [0.25, 0.3) is 15.9 Å². The maximum absolute atomic E-state index is 13.7. The first-order chi connectivity index (χ1) is 12.9. The topological polar surface area (TPSA) is 75.3 Å². The minimum atomic E-state index is -3.96. The van der Waals surface area contributed by atoms with E-state index in [1.807, 2.05) is 6.07 Å². The summed E-state index contributed by atoms with van der Waals surface area (Å²) in [5.41, 5.74) is 1.43. The molecule has 3 aromatic carbocycles. The number of rotatable bonds is 5. The Balaban J connectivity index is 1.82. The van der Waals surface area contributed by atoms with Crippen LogP contribution in [0.25, 0.3) is 0 Å². The highest BCUT2D eigenvalue weighted by atomic mass is 32.2. The van der Waals surface area contributed by atoms with Crippen molar-refractivity contribution in [2.24, 2.45) is 0 Å². The quantitative estimate of drug-likeness (QED) is 0.693. The molecule has 3 aromatic rings. The predicted molar refractivity (Wildman–Crippen MR) is 103 cm³/mol. The van der Waals surface area contributed by atoms with E-state index in [0.29, 0.717) is 16.8 Å². The highest BCUT2D eigenvalue weighted by molar-refractivity contribution is 7.92. The number of hydrogen-bond donors (Lipinski definition) is 2. The Morgan fingerprint density at radius 1 is 0.889 bits per heavy atom. The Kier molecular flexibility index (Phi) is 5.23. The van der Waals surface area contributed by atoms with E-state index in [0.717, 1.165) is 0 Å². The van der Waals surface area contributed by atoms with Gasteiger partial charge in [0.1, 0.15) is 5.82 Å². The van der Waals surface area contributed by atoms with Gasteiger partial charge in [-0.15, -0.1) is 0 Å². The lowest BCUT2D eigenvalue weighted by molar-refractivity contribution is 0.102. The molecule has 0 atom stereocenters. The van der Waals surface area contributed by atoms with E-state index in [1.165, 1.54) is 42.5 Å². The van der Waals surface area contributed by atoms with Gasteiger partial charge in [0.05, 0.1) is 10.6 Å². The Morgan fingerprint density at radius 3 is 2.22 bits per heavy atom. The largest absolute Gasteiger partial charge is 0.322 e. The normalized spacial score (nSPS) is 11.0. The molecule has 0 saturated heterocycles. The summed E-state index contributed by atoms with van der Waals surface area (Å²) >= 11 is 0. The number of carbonyl (C=O) groups is 1. The fourth-order valence-corrected chi connectivity index (χ4v) is 3.63. The lowest BCUT2D eigenvalue weighted by atomic mass is 10.1. The second-order valence-corrected chi connectivity index (χ2v) is 7.56. The van der Waals surface area contributed by atoms with Crippen molar-refractivity contribution in [1.82, 2.24) is 0 Å². The first-order valence-corrected chi connectivity index (χ1v) is 9.59. The minimum absolute atomic E-state index is 0.0269. The number of sulfonamides is 1. The highest BCUT2D eigenvalue weighted by Crippen LogP contribution is 2.23. The molecule has 7 heteroatoms. The molecule has 0 heterocycles. The molecule has 1 amide bonds. The molecule has 2 N–H and O–H groups in total. The number of nitrogens with one attached hydrogen (secondary N) is 2. The number of amides is 1. The molecule has 5 nitrogen and oxygen atoms in total. The molecule has 0 aliphatic carbocycles. The summed E-state index contributed by atoms with van der Waals surface area (Å²) in [5, 5.41) is 2.75. The number of aryl methyl sites for hydroxylation is 1. The first kappa shape index (κ1) is 18.6. The van der Waals surface area contributed by atoms with Crippen LogP contribution in [0.2, 0.25) is 0 Å². The van der Waals surface area contributed by atoms with Crippen LogP contribution in [0.15, 0.2) is 77.7 Å². The van der Waals surface area contributed by atoms with Crippen LogP contribution in [-0.2, 0) is 10.0 Å². The Bertz CT molecular complexity index is 1080. The van der Waals surface area contributed by atoms with Gasteiger partial charge < -0.3 is 5.32 Å². The van der Waals surface area contributed by atoms with Crippen LogP contribution in [0.5, 0.6) is 0 Å². The highest BCUT2D eigenvalue weighted by Gasteiger charge is 2.17. The number of halogens is 1.